The van der Waals surface area contributed by atoms with E-state index in [2.05, 4.69) is 24.8 Å². The highest BCUT2D eigenvalue weighted by molar-refractivity contribution is 7.09. The van der Waals surface area contributed by atoms with Gasteiger partial charge in [0.15, 0.2) is 11.5 Å². The van der Waals surface area contributed by atoms with Crippen LogP contribution < -0.4 is 5.32 Å². The molecule has 0 radical (unpaired) electrons. The minimum Gasteiger partial charge on any atom is -0.363 e. The molecule has 3 aromatic heterocycles. The van der Waals surface area contributed by atoms with Crippen molar-refractivity contribution in [2.45, 2.75) is 6.54 Å². The Morgan fingerprint density at radius 1 is 1.21 bits per heavy atom. The van der Waals surface area contributed by atoms with E-state index in [4.69, 9.17) is 0 Å². The highest BCUT2D eigenvalue weighted by Gasteiger charge is 2.17. The number of nitrogens with one attached hydrogen (secondary N) is 1. The molecule has 0 amide bonds. The van der Waals surface area contributed by atoms with E-state index in [0.717, 1.165) is 5.39 Å². The minimum atomic E-state index is -0.261. The summed E-state index contributed by atoms with van der Waals surface area (Å²) in [5.74, 6) is 0.275. The number of hydrogen-bond acceptors (Lipinski definition) is 6. The molecule has 8 heteroatoms. The number of aromatic nitrogens is 5. The van der Waals surface area contributed by atoms with Crippen molar-refractivity contribution in [2.75, 3.05) is 12.4 Å². The highest BCUT2D eigenvalue weighted by atomic mass is 32.1. The topological polar surface area (TPSA) is 68.5 Å². The molecule has 0 saturated heterocycles. The van der Waals surface area contributed by atoms with Gasteiger partial charge < -0.3 is 5.32 Å². The maximum absolute atomic E-state index is 14.0. The SMILES string of the molecule is CNc1nc(-c2nn(Cc3ccccc3F)c3ncccc23)ns1. The second-order valence-corrected chi connectivity index (χ2v) is 5.90. The summed E-state index contributed by atoms with van der Waals surface area (Å²) in [5.41, 5.74) is 1.88. The third kappa shape index (κ3) is 2.50. The molecule has 3 heterocycles. The van der Waals surface area contributed by atoms with E-state index in [-0.39, 0.29) is 5.82 Å². The second kappa shape index (κ2) is 5.97. The van der Waals surface area contributed by atoms with Gasteiger partial charge in [-0.25, -0.2) is 14.1 Å². The summed E-state index contributed by atoms with van der Waals surface area (Å²) >= 11 is 1.27. The molecule has 4 aromatic rings. The molecular weight excluding hydrogens is 327 g/mol. The predicted octanol–water partition coefficient (Wildman–Crippen LogP) is 3.18. The largest absolute Gasteiger partial charge is 0.363 e. The van der Waals surface area contributed by atoms with Crippen molar-refractivity contribution in [1.29, 1.82) is 0 Å². The first-order valence-corrected chi connectivity index (χ1v) is 8.10. The van der Waals surface area contributed by atoms with E-state index in [1.54, 1.807) is 36.1 Å². The van der Waals surface area contributed by atoms with Crippen LogP contribution in [0.25, 0.3) is 22.6 Å². The third-order valence-electron chi connectivity index (χ3n) is 3.64. The lowest BCUT2D eigenvalue weighted by Crippen LogP contribution is -2.04. The van der Waals surface area contributed by atoms with E-state index in [0.29, 0.717) is 34.4 Å². The normalized spacial score (nSPS) is 11.1. The lowest BCUT2D eigenvalue weighted by atomic mass is 10.2. The van der Waals surface area contributed by atoms with Gasteiger partial charge in [-0.15, -0.1) is 0 Å². The zero-order chi connectivity index (χ0) is 16.5. The Hall–Kier alpha value is -2.87. The van der Waals surface area contributed by atoms with Crippen LogP contribution in [0.4, 0.5) is 9.52 Å². The summed E-state index contributed by atoms with van der Waals surface area (Å²) in [6.07, 6.45) is 1.69. The number of halogens is 1. The van der Waals surface area contributed by atoms with Crippen LogP contribution in [0.15, 0.2) is 42.6 Å². The van der Waals surface area contributed by atoms with Crippen LogP contribution in [0.1, 0.15) is 5.56 Å². The lowest BCUT2D eigenvalue weighted by molar-refractivity contribution is 0.589. The average Bonchev–Trinajstić information content (AvgIpc) is 3.22. The summed E-state index contributed by atoms with van der Waals surface area (Å²) in [5, 5.41) is 9.10. The molecule has 0 fully saturated rings. The molecule has 1 aromatic carbocycles. The summed E-state index contributed by atoms with van der Waals surface area (Å²) < 4.78 is 20.0. The molecule has 120 valence electrons. The monoisotopic (exact) mass is 340 g/mol. The van der Waals surface area contributed by atoms with Crippen molar-refractivity contribution in [3.63, 3.8) is 0 Å². The molecule has 24 heavy (non-hydrogen) atoms. The van der Waals surface area contributed by atoms with Crippen molar-refractivity contribution in [3.05, 3.63) is 54.0 Å². The Kier molecular flexibility index (Phi) is 3.66. The van der Waals surface area contributed by atoms with Gasteiger partial charge in [0.25, 0.3) is 0 Å². The van der Waals surface area contributed by atoms with E-state index in [1.807, 2.05) is 12.1 Å². The standard InChI is InChI=1S/C16H13FN6S/c1-18-16-20-14(22-24-16)13-11-6-4-8-19-15(11)23(21-13)9-10-5-2-3-7-12(10)17/h2-8H,9H2,1H3,(H,18,20,22). The number of anilines is 1. The Bertz CT molecular complexity index is 1010. The van der Waals surface area contributed by atoms with Gasteiger partial charge in [-0.3, -0.25) is 0 Å². The van der Waals surface area contributed by atoms with Crippen LogP contribution in [-0.4, -0.2) is 31.2 Å². The van der Waals surface area contributed by atoms with Crippen LogP contribution in [-0.2, 0) is 6.54 Å². The summed E-state index contributed by atoms with van der Waals surface area (Å²) in [6.45, 7) is 0.295. The van der Waals surface area contributed by atoms with Gasteiger partial charge in [-0.2, -0.15) is 14.5 Å². The molecule has 0 atom stereocenters. The number of nitrogens with zero attached hydrogens (tertiary/aromatic N) is 5. The Labute approximate surface area is 141 Å². The van der Waals surface area contributed by atoms with Crippen LogP contribution >= 0.6 is 11.5 Å². The van der Waals surface area contributed by atoms with Crippen LogP contribution in [0.5, 0.6) is 0 Å². The molecule has 0 unspecified atom stereocenters. The molecule has 0 aliphatic heterocycles. The molecule has 0 aliphatic rings. The molecule has 0 bridgehead atoms. The minimum absolute atomic E-state index is 0.261. The third-order valence-corrected chi connectivity index (χ3v) is 4.37. The lowest BCUT2D eigenvalue weighted by Gasteiger charge is -2.04. The fourth-order valence-corrected chi connectivity index (χ4v) is 3.01. The summed E-state index contributed by atoms with van der Waals surface area (Å²) in [4.78, 5) is 8.80. The van der Waals surface area contributed by atoms with Gasteiger partial charge in [0, 0.05) is 30.3 Å². The highest BCUT2D eigenvalue weighted by Crippen LogP contribution is 2.27. The first kappa shape index (κ1) is 14.7. The number of rotatable bonds is 4. The first-order valence-electron chi connectivity index (χ1n) is 7.33. The van der Waals surface area contributed by atoms with E-state index in [9.17, 15) is 4.39 Å². The fourth-order valence-electron chi connectivity index (χ4n) is 2.49. The van der Waals surface area contributed by atoms with Crippen LogP contribution in [0.3, 0.4) is 0 Å². The van der Waals surface area contributed by atoms with Gasteiger partial charge in [0.2, 0.25) is 5.13 Å². The van der Waals surface area contributed by atoms with E-state index in [1.165, 1.54) is 17.6 Å². The average molecular weight is 340 g/mol. The Morgan fingerprint density at radius 2 is 2.08 bits per heavy atom. The molecular formula is C16H13FN6S. The smallest absolute Gasteiger partial charge is 0.202 e. The molecule has 0 aliphatic carbocycles. The number of hydrogen-bond donors (Lipinski definition) is 1. The van der Waals surface area contributed by atoms with Gasteiger partial charge in [-0.05, 0) is 18.2 Å². The summed E-state index contributed by atoms with van der Waals surface area (Å²) in [7, 11) is 1.79. The van der Waals surface area contributed by atoms with E-state index >= 15 is 0 Å². The molecule has 0 saturated carbocycles. The summed E-state index contributed by atoms with van der Waals surface area (Å²) in [6, 6.07) is 10.4. The number of benzene rings is 1. The fraction of sp³-hybridized carbons (Fsp3) is 0.125. The maximum atomic E-state index is 14.0. The van der Waals surface area contributed by atoms with Crippen molar-refractivity contribution in [2.24, 2.45) is 0 Å². The maximum Gasteiger partial charge on any atom is 0.202 e. The molecule has 0 spiro atoms. The van der Waals surface area contributed by atoms with Crippen LogP contribution in [0.2, 0.25) is 0 Å². The molecule has 1 N–H and O–H groups in total. The predicted molar refractivity (Wildman–Crippen MR) is 91.5 cm³/mol. The van der Waals surface area contributed by atoms with Gasteiger partial charge in [-0.1, -0.05) is 18.2 Å². The number of pyridine rings is 1. The second-order valence-electron chi connectivity index (χ2n) is 5.15. The van der Waals surface area contributed by atoms with E-state index < -0.39 is 0 Å². The zero-order valence-corrected chi connectivity index (χ0v) is 13.6. The van der Waals surface area contributed by atoms with Crippen LogP contribution in [0, 0.1) is 5.82 Å². The van der Waals surface area contributed by atoms with Crippen molar-refractivity contribution >= 4 is 27.7 Å². The Morgan fingerprint density at radius 3 is 2.88 bits per heavy atom. The van der Waals surface area contributed by atoms with Gasteiger partial charge >= 0.3 is 0 Å². The van der Waals surface area contributed by atoms with Gasteiger partial charge in [0.05, 0.1) is 11.9 Å². The first-order chi connectivity index (χ1) is 11.8. The van der Waals surface area contributed by atoms with Crippen molar-refractivity contribution in [3.8, 4) is 11.5 Å². The van der Waals surface area contributed by atoms with Gasteiger partial charge in [0.1, 0.15) is 11.5 Å². The zero-order valence-electron chi connectivity index (χ0n) is 12.8. The Balaban J connectivity index is 1.83. The molecule has 4 rings (SSSR count). The number of fused-ring (bicyclic) bond motifs is 1. The van der Waals surface area contributed by atoms with Crippen molar-refractivity contribution < 1.29 is 4.39 Å². The quantitative estimate of drug-likeness (QED) is 0.618. The van der Waals surface area contributed by atoms with Crippen molar-refractivity contribution in [1.82, 2.24) is 24.1 Å². The molecule has 6 nitrogen and oxygen atoms in total.